The van der Waals surface area contributed by atoms with Gasteiger partial charge in [0.2, 0.25) is 0 Å². The van der Waals surface area contributed by atoms with Crippen molar-refractivity contribution in [3.63, 3.8) is 0 Å². The second-order valence-electron chi connectivity index (χ2n) is 3.89. The molecule has 0 amide bonds. The smallest absolute Gasteiger partial charge is 0.123 e. The molecule has 3 heteroatoms. The highest BCUT2D eigenvalue weighted by molar-refractivity contribution is 5.60. The van der Waals surface area contributed by atoms with Crippen molar-refractivity contribution in [3.8, 4) is 5.75 Å². The lowest BCUT2D eigenvalue weighted by atomic mass is 10.2. The molecule has 2 rings (SSSR count). The van der Waals surface area contributed by atoms with Crippen LogP contribution in [0.15, 0.2) is 18.2 Å². The van der Waals surface area contributed by atoms with Gasteiger partial charge in [0, 0.05) is 36.6 Å². The van der Waals surface area contributed by atoms with Gasteiger partial charge < -0.3 is 15.4 Å². The molecule has 1 fully saturated rings. The molecule has 0 atom stereocenters. The molecular weight excluding hydrogens is 188 g/mol. The van der Waals surface area contributed by atoms with Crippen LogP contribution in [-0.4, -0.2) is 19.7 Å². The van der Waals surface area contributed by atoms with E-state index in [1.807, 2.05) is 19.1 Å². The van der Waals surface area contributed by atoms with E-state index >= 15 is 0 Å². The van der Waals surface area contributed by atoms with Crippen LogP contribution >= 0.6 is 0 Å². The van der Waals surface area contributed by atoms with Crippen molar-refractivity contribution in [1.29, 1.82) is 0 Å². The van der Waals surface area contributed by atoms with Crippen LogP contribution in [0.2, 0.25) is 0 Å². The Labute approximate surface area is 90.8 Å². The fraction of sp³-hybridized carbons (Fsp3) is 0.500. The van der Waals surface area contributed by atoms with Gasteiger partial charge in [0.15, 0.2) is 0 Å². The molecule has 1 aromatic rings. The summed E-state index contributed by atoms with van der Waals surface area (Å²) in [6, 6.07) is 5.97. The fourth-order valence-corrected chi connectivity index (χ4v) is 2.01. The van der Waals surface area contributed by atoms with Crippen LogP contribution in [-0.2, 0) is 0 Å². The van der Waals surface area contributed by atoms with E-state index in [9.17, 15) is 0 Å². The van der Waals surface area contributed by atoms with E-state index < -0.39 is 0 Å². The number of ether oxygens (including phenoxy) is 1. The number of nitrogen functional groups attached to an aromatic ring is 1. The largest absolute Gasteiger partial charge is 0.494 e. The van der Waals surface area contributed by atoms with Crippen LogP contribution in [0.1, 0.15) is 19.8 Å². The topological polar surface area (TPSA) is 38.5 Å². The van der Waals surface area contributed by atoms with Crippen molar-refractivity contribution in [3.05, 3.63) is 18.2 Å². The molecule has 0 unspecified atom stereocenters. The lowest BCUT2D eigenvalue weighted by Gasteiger charge is -2.19. The minimum atomic E-state index is 0.683. The molecule has 1 aliphatic rings. The predicted molar refractivity (Wildman–Crippen MR) is 63.5 cm³/mol. The number of hydrogen-bond acceptors (Lipinski definition) is 3. The van der Waals surface area contributed by atoms with E-state index in [4.69, 9.17) is 10.5 Å². The number of anilines is 2. The molecule has 0 spiro atoms. The fourth-order valence-electron chi connectivity index (χ4n) is 2.01. The van der Waals surface area contributed by atoms with Crippen molar-refractivity contribution < 1.29 is 4.74 Å². The molecule has 2 N–H and O–H groups in total. The molecule has 0 aliphatic carbocycles. The molecule has 0 bridgehead atoms. The van der Waals surface area contributed by atoms with Gasteiger partial charge in [0.05, 0.1) is 6.61 Å². The minimum Gasteiger partial charge on any atom is -0.494 e. The van der Waals surface area contributed by atoms with Crippen molar-refractivity contribution >= 4 is 11.4 Å². The lowest BCUT2D eigenvalue weighted by Crippen LogP contribution is -2.17. The molecule has 0 radical (unpaired) electrons. The number of nitrogens with two attached hydrogens (primary N) is 1. The summed E-state index contributed by atoms with van der Waals surface area (Å²) >= 11 is 0. The van der Waals surface area contributed by atoms with Crippen LogP contribution in [0.4, 0.5) is 11.4 Å². The van der Waals surface area contributed by atoms with Gasteiger partial charge in [-0.3, -0.25) is 0 Å². The first-order chi connectivity index (χ1) is 7.29. The van der Waals surface area contributed by atoms with Crippen LogP contribution in [0.25, 0.3) is 0 Å². The van der Waals surface area contributed by atoms with Gasteiger partial charge in [-0.25, -0.2) is 0 Å². The number of hydrogen-bond donors (Lipinski definition) is 1. The molecular formula is C12H18N2O. The Morgan fingerprint density at radius 3 is 2.67 bits per heavy atom. The highest BCUT2D eigenvalue weighted by Crippen LogP contribution is 2.27. The van der Waals surface area contributed by atoms with Crippen LogP contribution in [0, 0.1) is 0 Å². The third-order valence-corrected chi connectivity index (χ3v) is 2.70. The molecule has 3 nitrogen and oxygen atoms in total. The normalized spacial score (nSPS) is 15.7. The summed E-state index contributed by atoms with van der Waals surface area (Å²) < 4.78 is 5.48. The molecule has 1 aromatic carbocycles. The quantitative estimate of drug-likeness (QED) is 0.771. The summed E-state index contributed by atoms with van der Waals surface area (Å²) in [7, 11) is 0. The average molecular weight is 206 g/mol. The van der Waals surface area contributed by atoms with Gasteiger partial charge in [-0.05, 0) is 25.8 Å². The van der Waals surface area contributed by atoms with E-state index in [-0.39, 0.29) is 0 Å². The first-order valence-corrected chi connectivity index (χ1v) is 5.58. The standard InChI is InChI=1S/C12H18N2O/c1-2-15-12-8-10(13)7-11(9-12)14-5-3-4-6-14/h7-9H,2-6,13H2,1H3. The van der Waals surface area contributed by atoms with Crippen LogP contribution < -0.4 is 15.4 Å². The highest BCUT2D eigenvalue weighted by atomic mass is 16.5. The van der Waals surface area contributed by atoms with Crippen LogP contribution in [0.3, 0.4) is 0 Å². The van der Waals surface area contributed by atoms with Crippen LogP contribution in [0.5, 0.6) is 5.75 Å². The zero-order chi connectivity index (χ0) is 10.7. The predicted octanol–water partition coefficient (Wildman–Crippen LogP) is 2.27. The number of rotatable bonds is 3. The summed E-state index contributed by atoms with van der Waals surface area (Å²) in [5.74, 6) is 0.874. The van der Waals surface area contributed by atoms with E-state index in [0.717, 1.165) is 24.5 Å². The Hall–Kier alpha value is -1.38. The monoisotopic (exact) mass is 206 g/mol. The number of benzene rings is 1. The second kappa shape index (κ2) is 4.43. The average Bonchev–Trinajstić information content (AvgIpc) is 2.70. The van der Waals surface area contributed by atoms with E-state index in [0.29, 0.717) is 6.61 Å². The van der Waals surface area contributed by atoms with Gasteiger partial charge in [0.25, 0.3) is 0 Å². The molecule has 0 saturated carbocycles. The summed E-state index contributed by atoms with van der Waals surface area (Å²) in [5, 5.41) is 0. The second-order valence-corrected chi connectivity index (χ2v) is 3.89. The molecule has 1 aliphatic heterocycles. The van der Waals surface area contributed by atoms with Crippen molar-refractivity contribution in [2.45, 2.75) is 19.8 Å². The zero-order valence-electron chi connectivity index (χ0n) is 9.20. The maximum atomic E-state index is 5.85. The van der Waals surface area contributed by atoms with Gasteiger partial charge in [-0.15, -0.1) is 0 Å². The van der Waals surface area contributed by atoms with Gasteiger partial charge in [0.1, 0.15) is 5.75 Å². The molecule has 1 heterocycles. The zero-order valence-corrected chi connectivity index (χ0v) is 9.20. The minimum absolute atomic E-state index is 0.683. The first-order valence-electron chi connectivity index (χ1n) is 5.58. The van der Waals surface area contributed by atoms with Gasteiger partial charge >= 0.3 is 0 Å². The Morgan fingerprint density at radius 2 is 2.00 bits per heavy atom. The number of nitrogens with zero attached hydrogens (tertiary/aromatic N) is 1. The summed E-state index contributed by atoms with van der Waals surface area (Å²) in [5.41, 5.74) is 7.82. The van der Waals surface area contributed by atoms with Crippen molar-refractivity contribution in [2.75, 3.05) is 30.3 Å². The first kappa shape index (κ1) is 10.1. The lowest BCUT2D eigenvalue weighted by molar-refractivity contribution is 0.340. The maximum absolute atomic E-state index is 5.85. The van der Waals surface area contributed by atoms with E-state index in [2.05, 4.69) is 11.0 Å². The molecule has 1 saturated heterocycles. The summed E-state index contributed by atoms with van der Waals surface area (Å²) in [6.45, 7) is 4.94. The molecule has 82 valence electrons. The summed E-state index contributed by atoms with van der Waals surface area (Å²) in [6.07, 6.45) is 2.55. The SMILES string of the molecule is CCOc1cc(N)cc(N2CCCC2)c1. The summed E-state index contributed by atoms with van der Waals surface area (Å²) in [4.78, 5) is 2.36. The Bertz CT molecular complexity index is 332. The van der Waals surface area contributed by atoms with Crippen molar-refractivity contribution in [1.82, 2.24) is 0 Å². The Kier molecular flexibility index (Phi) is 2.99. The third-order valence-electron chi connectivity index (χ3n) is 2.70. The molecule has 15 heavy (non-hydrogen) atoms. The highest BCUT2D eigenvalue weighted by Gasteiger charge is 2.13. The Balaban J connectivity index is 2.22. The maximum Gasteiger partial charge on any atom is 0.123 e. The van der Waals surface area contributed by atoms with Crippen molar-refractivity contribution in [2.24, 2.45) is 0 Å². The van der Waals surface area contributed by atoms with E-state index in [1.54, 1.807) is 0 Å². The van der Waals surface area contributed by atoms with Gasteiger partial charge in [-0.2, -0.15) is 0 Å². The van der Waals surface area contributed by atoms with Gasteiger partial charge in [-0.1, -0.05) is 0 Å². The molecule has 0 aromatic heterocycles. The van der Waals surface area contributed by atoms with E-state index in [1.165, 1.54) is 18.5 Å². The Morgan fingerprint density at radius 1 is 1.27 bits per heavy atom. The third kappa shape index (κ3) is 2.35.